The molecule has 0 aliphatic carbocycles. The van der Waals surface area contributed by atoms with Crippen molar-refractivity contribution >= 4 is 51.3 Å². The highest BCUT2D eigenvalue weighted by Crippen LogP contribution is 2.32. The molecule has 3 aromatic rings. The average molecular weight is 342 g/mol. The Balaban J connectivity index is 1.81. The van der Waals surface area contributed by atoms with E-state index in [4.69, 9.17) is 16.6 Å². The summed E-state index contributed by atoms with van der Waals surface area (Å²) in [4.78, 5) is 16.5. The van der Waals surface area contributed by atoms with Gasteiger partial charge in [-0.2, -0.15) is 5.10 Å². The molecule has 0 atom stereocenters. The van der Waals surface area contributed by atoms with Gasteiger partial charge in [-0.05, 0) is 6.07 Å². The molecule has 1 aliphatic heterocycles. The molecular weight excluding hydrogens is 332 g/mol. The fourth-order valence-electron chi connectivity index (χ4n) is 2.37. The van der Waals surface area contributed by atoms with Crippen LogP contribution >= 0.6 is 24.0 Å². The molecule has 23 heavy (non-hydrogen) atoms. The number of hydrogen-bond acceptors (Lipinski definition) is 6. The van der Waals surface area contributed by atoms with Crippen molar-refractivity contribution in [3.05, 3.63) is 41.5 Å². The minimum atomic E-state index is -0.203. The summed E-state index contributed by atoms with van der Waals surface area (Å²) in [5, 5.41) is 7.62. The number of nitrogens with zero attached hydrogens (tertiary/aromatic N) is 3. The van der Waals surface area contributed by atoms with Gasteiger partial charge < -0.3 is 9.73 Å². The van der Waals surface area contributed by atoms with Crippen LogP contribution in [0.2, 0.25) is 0 Å². The van der Waals surface area contributed by atoms with Gasteiger partial charge in [0.25, 0.3) is 5.91 Å². The van der Waals surface area contributed by atoms with Crippen molar-refractivity contribution in [2.75, 3.05) is 0 Å². The number of fused-ring (bicyclic) bond motifs is 1. The fraction of sp³-hybridized carbons (Fsp3) is 0.0667. The summed E-state index contributed by atoms with van der Waals surface area (Å²) in [5.74, 6) is 0.381. The van der Waals surface area contributed by atoms with Gasteiger partial charge in [-0.3, -0.25) is 14.5 Å². The third kappa shape index (κ3) is 2.55. The maximum absolute atomic E-state index is 11.7. The Labute approximate surface area is 140 Å². The largest absolute Gasteiger partial charge is 0.456 e. The molecule has 0 aromatic carbocycles. The zero-order valence-electron chi connectivity index (χ0n) is 11.9. The van der Waals surface area contributed by atoms with Crippen molar-refractivity contribution in [3.63, 3.8) is 0 Å². The topological polar surface area (TPSA) is 73.0 Å². The number of amides is 1. The van der Waals surface area contributed by atoms with Crippen LogP contribution in [0.4, 0.5) is 0 Å². The molecule has 114 valence electrons. The molecule has 4 rings (SSSR count). The summed E-state index contributed by atoms with van der Waals surface area (Å²) in [6, 6.07) is 1.85. The van der Waals surface area contributed by atoms with E-state index in [2.05, 4.69) is 15.4 Å². The minimum Gasteiger partial charge on any atom is -0.456 e. The van der Waals surface area contributed by atoms with E-state index < -0.39 is 0 Å². The number of thioether (sulfide) groups is 1. The van der Waals surface area contributed by atoms with Crippen LogP contribution in [0.1, 0.15) is 5.76 Å². The summed E-state index contributed by atoms with van der Waals surface area (Å²) in [5.41, 5.74) is 2.50. The van der Waals surface area contributed by atoms with Crippen molar-refractivity contribution in [1.82, 2.24) is 20.1 Å². The normalized spacial score (nSPS) is 16.5. The van der Waals surface area contributed by atoms with Crippen LogP contribution in [-0.4, -0.2) is 25.0 Å². The Bertz CT molecular complexity index is 986. The predicted octanol–water partition coefficient (Wildman–Crippen LogP) is 2.72. The number of furan rings is 1. The molecule has 0 radical (unpaired) electrons. The summed E-state index contributed by atoms with van der Waals surface area (Å²) in [6.45, 7) is 0. The highest BCUT2D eigenvalue weighted by molar-refractivity contribution is 8.26. The molecule has 8 heteroatoms. The van der Waals surface area contributed by atoms with Gasteiger partial charge in [0, 0.05) is 48.2 Å². The second kappa shape index (κ2) is 5.32. The van der Waals surface area contributed by atoms with Crippen LogP contribution in [0.25, 0.3) is 28.2 Å². The van der Waals surface area contributed by atoms with Crippen LogP contribution in [0.15, 0.2) is 40.2 Å². The van der Waals surface area contributed by atoms with Gasteiger partial charge in [-0.25, -0.2) is 0 Å². The van der Waals surface area contributed by atoms with Crippen molar-refractivity contribution in [3.8, 4) is 11.1 Å². The highest BCUT2D eigenvalue weighted by atomic mass is 32.2. The molecule has 3 aromatic heterocycles. The Kier molecular flexibility index (Phi) is 3.28. The van der Waals surface area contributed by atoms with E-state index in [9.17, 15) is 4.79 Å². The number of thiocarbonyl (C=S) groups is 1. The molecule has 6 nitrogen and oxygen atoms in total. The van der Waals surface area contributed by atoms with E-state index >= 15 is 0 Å². The fourth-order valence-corrected chi connectivity index (χ4v) is 3.39. The molecule has 4 heterocycles. The van der Waals surface area contributed by atoms with Gasteiger partial charge in [-0.15, -0.1) is 0 Å². The molecule has 1 amide bonds. The van der Waals surface area contributed by atoms with Gasteiger partial charge in [-0.1, -0.05) is 24.0 Å². The van der Waals surface area contributed by atoms with E-state index in [1.165, 1.54) is 11.8 Å². The molecule has 0 spiro atoms. The van der Waals surface area contributed by atoms with Crippen LogP contribution in [0.3, 0.4) is 0 Å². The van der Waals surface area contributed by atoms with E-state index in [1.54, 1.807) is 29.3 Å². The molecule has 1 aliphatic rings. The number of carbonyl (C=O) groups excluding carboxylic acids is 1. The number of aryl methyl sites for hydroxylation is 1. The smallest absolute Gasteiger partial charge is 0.263 e. The third-order valence-corrected chi connectivity index (χ3v) is 4.54. The molecule has 0 unspecified atom stereocenters. The third-order valence-electron chi connectivity index (χ3n) is 3.37. The van der Waals surface area contributed by atoms with E-state index in [0.29, 0.717) is 20.6 Å². The van der Waals surface area contributed by atoms with Crippen LogP contribution in [0.5, 0.6) is 0 Å². The molecule has 0 bridgehead atoms. The van der Waals surface area contributed by atoms with E-state index in [1.807, 2.05) is 19.3 Å². The monoisotopic (exact) mass is 342 g/mol. The zero-order valence-corrected chi connectivity index (χ0v) is 13.6. The molecule has 1 saturated heterocycles. The number of hydrogen-bond donors (Lipinski definition) is 1. The molecule has 0 saturated carbocycles. The molecule has 1 N–H and O–H groups in total. The zero-order chi connectivity index (χ0) is 16.0. The van der Waals surface area contributed by atoms with E-state index in [0.717, 1.165) is 16.5 Å². The maximum Gasteiger partial charge on any atom is 0.263 e. The predicted molar refractivity (Wildman–Crippen MR) is 92.5 cm³/mol. The van der Waals surface area contributed by atoms with Gasteiger partial charge in [0.2, 0.25) is 0 Å². The molecule has 1 fully saturated rings. The number of pyridine rings is 1. The Hall–Kier alpha value is -2.45. The van der Waals surface area contributed by atoms with Crippen LogP contribution in [0, 0.1) is 0 Å². The second-order valence-corrected chi connectivity index (χ2v) is 6.73. The lowest BCUT2D eigenvalue weighted by Crippen LogP contribution is -2.17. The summed E-state index contributed by atoms with van der Waals surface area (Å²) >= 11 is 6.21. The van der Waals surface area contributed by atoms with Gasteiger partial charge in [0.15, 0.2) is 0 Å². The number of carbonyl (C=O) groups is 1. The second-order valence-electron chi connectivity index (χ2n) is 5.01. The summed E-state index contributed by atoms with van der Waals surface area (Å²) in [6.07, 6.45) is 8.82. The van der Waals surface area contributed by atoms with Crippen molar-refractivity contribution in [1.29, 1.82) is 0 Å². The number of nitrogens with one attached hydrogen (secondary N) is 1. The molecular formula is C15H10N4O2S2. The lowest BCUT2D eigenvalue weighted by Gasteiger charge is -1.97. The Morgan fingerprint density at radius 2 is 2.26 bits per heavy atom. The lowest BCUT2D eigenvalue weighted by atomic mass is 10.1. The highest BCUT2D eigenvalue weighted by Gasteiger charge is 2.23. The number of aromatic nitrogens is 3. The van der Waals surface area contributed by atoms with Crippen LogP contribution in [-0.2, 0) is 11.8 Å². The summed E-state index contributed by atoms with van der Waals surface area (Å²) in [7, 11) is 1.86. The average Bonchev–Trinajstić information content (AvgIpc) is 3.18. The Morgan fingerprint density at radius 1 is 1.39 bits per heavy atom. The lowest BCUT2D eigenvalue weighted by molar-refractivity contribution is -0.115. The first-order chi connectivity index (χ1) is 11.1. The SMILES string of the molecule is Cn1cc(-c2cncc3cc(/C=C4/SC(=S)NC4=O)oc23)cn1. The van der Waals surface area contributed by atoms with Crippen molar-refractivity contribution in [2.24, 2.45) is 7.05 Å². The van der Waals surface area contributed by atoms with Crippen molar-refractivity contribution in [2.45, 2.75) is 0 Å². The van der Waals surface area contributed by atoms with Gasteiger partial charge >= 0.3 is 0 Å². The Morgan fingerprint density at radius 3 is 2.96 bits per heavy atom. The first-order valence-corrected chi connectivity index (χ1v) is 7.94. The minimum absolute atomic E-state index is 0.203. The maximum atomic E-state index is 11.7. The van der Waals surface area contributed by atoms with Gasteiger partial charge in [0.1, 0.15) is 15.7 Å². The first-order valence-electron chi connectivity index (χ1n) is 6.71. The quantitative estimate of drug-likeness (QED) is 0.570. The van der Waals surface area contributed by atoms with E-state index in [-0.39, 0.29) is 5.91 Å². The van der Waals surface area contributed by atoms with Crippen LogP contribution < -0.4 is 5.32 Å². The first kappa shape index (κ1) is 14.2. The van der Waals surface area contributed by atoms with Crippen molar-refractivity contribution < 1.29 is 9.21 Å². The summed E-state index contributed by atoms with van der Waals surface area (Å²) < 4.78 is 8.09. The van der Waals surface area contributed by atoms with Gasteiger partial charge in [0.05, 0.1) is 11.1 Å². The number of rotatable bonds is 2. The standard InChI is InChI=1S/C15H10N4O2S2/c1-19-7-9(5-17-19)11-6-16-4-8-2-10(21-13(8)11)3-12-14(20)18-15(22)23-12/h2-7H,1H3,(H,18,20,22)/b12-3+.